The minimum atomic E-state index is 0.355. The summed E-state index contributed by atoms with van der Waals surface area (Å²) >= 11 is 18.1. The van der Waals surface area contributed by atoms with Crippen molar-refractivity contribution in [2.45, 2.75) is 0 Å². The first-order valence-corrected chi connectivity index (χ1v) is 6.27. The summed E-state index contributed by atoms with van der Waals surface area (Å²) in [5.41, 5.74) is 3.22. The molecule has 5 heteroatoms. The summed E-state index contributed by atoms with van der Waals surface area (Å²) in [5.74, 6) is 0. The lowest BCUT2D eigenvalue weighted by Crippen LogP contribution is -1.82. The van der Waals surface area contributed by atoms with Crippen molar-refractivity contribution >= 4 is 45.9 Å². The van der Waals surface area contributed by atoms with Gasteiger partial charge in [-0.3, -0.25) is 0 Å². The molecule has 0 amide bonds. The third kappa shape index (κ3) is 1.87. The van der Waals surface area contributed by atoms with Crippen molar-refractivity contribution in [3.05, 3.63) is 51.8 Å². The molecule has 0 bridgehead atoms. The Hall–Kier alpha value is -1.22. The van der Waals surface area contributed by atoms with E-state index in [4.69, 9.17) is 39.2 Å². The predicted octanol–water partition coefficient (Wildman–Crippen LogP) is 5.46. The topological polar surface area (TPSA) is 26.0 Å². The van der Waals surface area contributed by atoms with E-state index in [1.54, 1.807) is 6.07 Å². The second kappa shape index (κ2) is 4.47. The van der Waals surface area contributed by atoms with Gasteiger partial charge in [-0.1, -0.05) is 46.9 Å². The summed E-state index contributed by atoms with van der Waals surface area (Å²) < 4.78 is 5.26. The normalized spacial score (nSPS) is 11.1. The van der Waals surface area contributed by atoms with Gasteiger partial charge in [-0.05, 0) is 23.8 Å². The molecule has 0 aliphatic rings. The molecule has 0 aliphatic carbocycles. The Morgan fingerprint density at radius 2 is 1.78 bits per heavy atom. The van der Waals surface area contributed by atoms with Crippen LogP contribution in [0.5, 0.6) is 0 Å². The summed E-state index contributed by atoms with van der Waals surface area (Å²) in [6.45, 7) is 0. The van der Waals surface area contributed by atoms with Crippen LogP contribution in [0.1, 0.15) is 0 Å². The molecule has 0 aliphatic heterocycles. The Labute approximate surface area is 118 Å². The van der Waals surface area contributed by atoms with Crippen molar-refractivity contribution in [1.29, 1.82) is 0 Å². The monoisotopic (exact) mass is 297 g/mol. The largest absolute Gasteiger partial charge is 0.443 e. The van der Waals surface area contributed by atoms with Gasteiger partial charge >= 0.3 is 0 Å². The maximum atomic E-state index is 6.20. The first-order chi connectivity index (χ1) is 8.66. The first-order valence-electron chi connectivity index (χ1n) is 5.14. The van der Waals surface area contributed by atoms with Gasteiger partial charge in [0, 0.05) is 5.56 Å². The molecule has 2 aromatic carbocycles. The van der Waals surface area contributed by atoms with Crippen LogP contribution in [0.2, 0.25) is 15.1 Å². The van der Waals surface area contributed by atoms with E-state index in [2.05, 4.69) is 4.98 Å². The summed E-state index contributed by atoms with van der Waals surface area (Å²) in [6, 6.07) is 9.20. The molecule has 3 aromatic rings. The molecule has 2 nitrogen and oxygen atoms in total. The summed E-state index contributed by atoms with van der Waals surface area (Å²) in [4.78, 5) is 4.06. The van der Waals surface area contributed by atoms with Crippen molar-refractivity contribution in [3.63, 3.8) is 0 Å². The molecule has 18 heavy (non-hydrogen) atoms. The van der Waals surface area contributed by atoms with Gasteiger partial charge in [0.15, 0.2) is 12.0 Å². The average Bonchev–Trinajstić information content (AvgIpc) is 2.83. The minimum Gasteiger partial charge on any atom is -0.443 e. The van der Waals surface area contributed by atoms with Crippen molar-refractivity contribution in [3.8, 4) is 11.1 Å². The average molecular weight is 299 g/mol. The number of fused-ring (bicyclic) bond motifs is 1. The van der Waals surface area contributed by atoms with Crippen LogP contribution in [0.3, 0.4) is 0 Å². The van der Waals surface area contributed by atoms with Crippen LogP contribution in [0.4, 0.5) is 0 Å². The summed E-state index contributed by atoms with van der Waals surface area (Å²) in [7, 11) is 0. The Morgan fingerprint density at radius 1 is 0.944 bits per heavy atom. The third-order valence-electron chi connectivity index (χ3n) is 2.68. The van der Waals surface area contributed by atoms with E-state index in [9.17, 15) is 0 Å². The van der Waals surface area contributed by atoms with Gasteiger partial charge in [0.2, 0.25) is 0 Å². The highest BCUT2D eigenvalue weighted by molar-refractivity contribution is 6.49. The number of hydrogen-bond acceptors (Lipinski definition) is 2. The summed E-state index contributed by atoms with van der Waals surface area (Å²) in [6.07, 6.45) is 1.41. The van der Waals surface area contributed by atoms with Crippen molar-refractivity contribution in [2.24, 2.45) is 0 Å². The highest BCUT2D eigenvalue weighted by atomic mass is 35.5. The second-order valence-electron chi connectivity index (χ2n) is 3.76. The van der Waals surface area contributed by atoms with Crippen LogP contribution < -0.4 is 0 Å². The Kier molecular flexibility index (Phi) is 2.94. The van der Waals surface area contributed by atoms with Gasteiger partial charge < -0.3 is 4.42 Å². The Balaban J connectivity index is 2.22. The van der Waals surface area contributed by atoms with Gasteiger partial charge in [0.25, 0.3) is 0 Å². The van der Waals surface area contributed by atoms with Crippen LogP contribution in [0.15, 0.2) is 41.1 Å². The highest BCUT2D eigenvalue weighted by Crippen LogP contribution is 2.38. The van der Waals surface area contributed by atoms with Gasteiger partial charge in [-0.2, -0.15) is 0 Å². The second-order valence-corrected chi connectivity index (χ2v) is 4.92. The van der Waals surface area contributed by atoms with E-state index in [0.29, 0.717) is 20.7 Å². The molecule has 0 spiro atoms. The van der Waals surface area contributed by atoms with Crippen LogP contribution in [0.25, 0.3) is 22.2 Å². The number of benzene rings is 2. The minimum absolute atomic E-state index is 0.355. The Bertz CT molecular complexity index is 736. The fraction of sp³-hybridized carbons (Fsp3) is 0. The first kappa shape index (κ1) is 11.8. The van der Waals surface area contributed by atoms with Crippen molar-refractivity contribution in [2.75, 3.05) is 0 Å². The smallest absolute Gasteiger partial charge is 0.181 e. The van der Waals surface area contributed by atoms with E-state index in [0.717, 1.165) is 16.6 Å². The molecule has 3 rings (SSSR count). The zero-order valence-electron chi connectivity index (χ0n) is 8.95. The maximum Gasteiger partial charge on any atom is 0.181 e. The zero-order chi connectivity index (χ0) is 12.7. The number of nitrogens with zero attached hydrogens (tertiary/aromatic N) is 1. The fourth-order valence-corrected chi connectivity index (χ4v) is 2.42. The fourth-order valence-electron chi connectivity index (χ4n) is 1.77. The van der Waals surface area contributed by atoms with E-state index in [1.165, 1.54) is 6.39 Å². The molecule has 0 radical (unpaired) electrons. The number of rotatable bonds is 1. The number of aromatic nitrogens is 1. The van der Waals surface area contributed by atoms with Gasteiger partial charge in [0.05, 0.1) is 15.1 Å². The lowest BCUT2D eigenvalue weighted by molar-refractivity contribution is 0.602. The number of oxazole rings is 1. The molecule has 1 aromatic heterocycles. The van der Waals surface area contributed by atoms with Gasteiger partial charge in [-0.15, -0.1) is 0 Å². The molecule has 0 saturated carbocycles. The van der Waals surface area contributed by atoms with Gasteiger partial charge in [-0.25, -0.2) is 4.98 Å². The predicted molar refractivity (Wildman–Crippen MR) is 74.5 cm³/mol. The molecule has 0 saturated heterocycles. The zero-order valence-corrected chi connectivity index (χ0v) is 11.2. The molecule has 1 heterocycles. The van der Waals surface area contributed by atoms with E-state index >= 15 is 0 Å². The lowest BCUT2D eigenvalue weighted by atomic mass is 10.1. The van der Waals surface area contributed by atoms with E-state index in [1.807, 2.05) is 24.3 Å². The van der Waals surface area contributed by atoms with Crippen molar-refractivity contribution in [1.82, 2.24) is 4.98 Å². The van der Waals surface area contributed by atoms with Crippen LogP contribution >= 0.6 is 34.8 Å². The quantitative estimate of drug-likeness (QED) is 0.558. The molecule has 90 valence electrons. The summed E-state index contributed by atoms with van der Waals surface area (Å²) in [5, 5.41) is 1.22. The molecular formula is C13H6Cl3NO. The number of hydrogen-bond donors (Lipinski definition) is 0. The standard InChI is InChI=1S/C13H6Cl3NO/c14-9-3-2-8(12(15)13(9)16)7-1-4-10-11(5-7)18-6-17-10/h1-6H. The molecule has 0 fully saturated rings. The van der Waals surface area contributed by atoms with Crippen LogP contribution in [-0.4, -0.2) is 4.98 Å². The maximum absolute atomic E-state index is 6.20. The van der Waals surface area contributed by atoms with Gasteiger partial charge in [0.1, 0.15) is 5.52 Å². The number of halogens is 3. The van der Waals surface area contributed by atoms with Crippen LogP contribution in [0, 0.1) is 0 Å². The van der Waals surface area contributed by atoms with E-state index in [-0.39, 0.29) is 0 Å². The lowest BCUT2D eigenvalue weighted by Gasteiger charge is -2.07. The molecule has 0 N–H and O–H groups in total. The Morgan fingerprint density at radius 3 is 2.61 bits per heavy atom. The third-order valence-corrected chi connectivity index (χ3v) is 3.97. The van der Waals surface area contributed by atoms with E-state index < -0.39 is 0 Å². The SMILES string of the molecule is Clc1ccc(-c2ccc3ncoc3c2)c(Cl)c1Cl. The molecule has 0 unspecified atom stereocenters. The molecule has 0 atom stereocenters. The molecular weight excluding hydrogens is 293 g/mol. The highest BCUT2D eigenvalue weighted by Gasteiger charge is 2.11. The van der Waals surface area contributed by atoms with Crippen LogP contribution in [-0.2, 0) is 0 Å². The van der Waals surface area contributed by atoms with Crippen molar-refractivity contribution < 1.29 is 4.42 Å².